The maximum Gasteiger partial charge on any atom is 0.258 e. The van der Waals surface area contributed by atoms with E-state index in [0.717, 1.165) is 10.2 Å². The summed E-state index contributed by atoms with van der Waals surface area (Å²) in [5.41, 5.74) is 1.87. The van der Waals surface area contributed by atoms with Crippen molar-refractivity contribution in [3.05, 3.63) is 64.9 Å². The third-order valence-corrected chi connectivity index (χ3v) is 4.27. The molecule has 140 valence electrons. The minimum atomic E-state index is -0.270. The number of aromatic nitrogens is 2. The third-order valence-electron chi connectivity index (χ3n) is 3.75. The van der Waals surface area contributed by atoms with E-state index in [0.29, 0.717) is 36.0 Å². The van der Waals surface area contributed by atoms with Crippen molar-refractivity contribution in [3.63, 3.8) is 0 Å². The molecule has 6 nitrogen and oxygen atoms in total. The van der Waals surface area contributed by atoms with Crippen LogP contribution in [-0.4, -0.2) is 28.9 Å². The van der Waals surface area contributed by atoms with Gasteiger partial charge in [0.05, 0.1) is 36.3 Å². The van der Waals surface area contributed by atoms with Crippen LogP contribution in [0.3, 0.4) is 0 Å². The number of hydrogen-bond donors (Lipinski definition) is 1. The Balaban J connectivity index is 1.81. The zero-order valence-corrected chi connectivity index (χ0v) is 16.7. The fourth-order valence-corrected chi connectivity index (χ4v) is 2.78. The molecular formula is C20H20BrN3O3. The standard InChI is InChI=1S/C20H20BrN3O3/c1-3-26-17-9-10-19(27-4-2)18(11-17)23-20(25)14-12-22-24(13-14)16-7-5-15(21)6-8-16/h5-13H,3-4H2,1-2H3,(H,23,25). The van der Waals surface area contributed by atoms with E-state index in [1.807, 2.05) is 44.2 Å². The van der Waals surface area contributed by atoms with Gasteiger partial charge in [0, 0.05) is 16.7 Å². The SMILES string of the molecule is CCOc1ccc(OCC)c(NC(=O)c2cnn(-c3ccc(Br)cc3)c2)c1. The third kappa shape index (κ3) is 4.68. The van der Waals surface area contributed by atoms with Crippen LogP contribution in [0.4, 0.5) is 5.69 Å². The van der Waals surface area contributed by atoms with Gasteiger partial charge in [0.15, 0.2) is 0 Å². The van der Waals surface area contributed by atoms with Gasteiger partial charge >= 0.3 is 0 Å². The maximum atomic E-state index is 12.7. The van der Waals surface area contributed by atoms with E-state index in [9.17, 15) is 4.79 Å². The molecule has 3 rings (SSSR count). The Labute approximate surface area is 166 Å². The first-order valence-corrected chi connectivity index (χ1v) is 9.41. The smallest absolute Gasteiger partial charge is 0.258 e. The van der Waals surface area contributed by atoms with Crippen molar-refractivity contribution >= 4 is 27.5 Å². The highest BCUT2D eigenvalue weighted by atomic mass is 79.9. The number of carbonyl (C=O) groups excluding carboxylic acids is 1. The molecule has 1 amide bonds. The number of amides is 1. The topological polar surface area (TPSA) is 65.4 Å². The number of rotatable bonds is 7. The van der Waals surface area contributed by atoms with Crippen molar-refractivity contribution in [1.82, 2.24) is 9.78 Å². The predicted molar refractivity (Wildman–Crippen MR) is 108 cm³/mol. The van der Waals surface area contributed by atoms with E-state index >= 15 is 0 Å². The second-order valence-corrected chi connectivity index (χ2v) is 6.54. The molecule has 2 aromatic carbocycles. The molecule has 0 aliphatic rings. The first-order valence-electron chi connectivity index (χ1n) is 8.62. The van der Waals surface area contributed by atoms with Crippen molar-refractivity contribution in [2.24, 2.45) is 0 Å². The van der Waals surface area contributed by atoms with Crippen molar-refractivity contribution in [1.29, 1.82) is 0 Å². The molecule has 0 aliphatic carbocycles. The lowest BCUT2D eigenvalue weighted by molar-refractivity contribution is 0.102. The molecule has 0 fully saturated rings. The maximum absolute atomic E-state index is 12.7. The Bertz CT molecular complexity index is 922. The van der Waals surface area contributed by atoms with Crippen molar-refractivity contribution in [2.45, 2.75) is 13.8 Å². The second kappa shape index (κ2) is 8.73. The van der Waals surface area contributed by atoms with Crippen LogP contribution in [0, 0.1) is 0 Å². The van der Waals surface area contributed by atoms with Crippen LogP contribution in [-0.2, 0) is 0 Å². The summed E-state index contributed by atoms with van der Waals surface area (Å²) in [6, 6.07) is 13.0. The van der Waals surface area contributed by atoms with Gasteiger partial charge in [-0.3, -0.25) is 4.79 Å². The van der Waals surface area contributed by atoms with Crippen LogP contribution < -0.4 is 14.8 Å². The van der Waals surface area contributed by atoms with Gasteiger partial charge in [-0.1, -0.05) is 15.9 Å². The van der Waals surface area contributed by atoms with Gasteiger partial charge in [-0.15, -0.1) is 0 Å². The summed E-state index contributed by atoms with van der Waals surface area (Å²) in [6.07, 6.45) is 3.22. The lowest BCUT2D eigenvalue weighted by atomic mass is 10.2. The number of anilines is 1. The number of nitrogens with one attached hydrogen (secondary N) is 1. The lowest BCUT2D eigenvalue weighted by Gasteiger charge is -2.13. The molecule has 0 spiro atoms. The molecule has 0 radical (unpaired) electrons. The average Bonchev–Trinajstić information content (AvgIpc) is 3.15. The Morgan fingerprint density at radius 2 is 1.85 bits per heavy atom. The summed E-state index contributed by atoms with van der Waals surface area (Å²) < 4.78 is 13.7. The zero-order chi connectivity index (χ0) is 19.2. The molecule has 0 bridgehead atoms. The first kappa shape index (κ1) is 19.0. The summed E-state index contributed by atoms with van der Waals surface area (Å²) in [4.78, 5) is 12.7. The molecule has 7 heteroatoms. The summed E-state index contributed by atoms with van der Waals surface area (Å²) in [5, 5.41) is 7.15. The number of carbonyl (C=O) groups is 1. The molecule has 1 aromatic heterocycles. The van der Waals surface area contributed by atoms with Crippen molar-refractivity contribution in [2.75, 3.05) is 18.5 Å². The average molecular weight is 430 g/mol. The van der Waals surface area contributed by atoms with E-state index in [1.54, 1.807) is 23.0 Å². The summed E-state index contributed by atoms with van der Waals surface area (Å²) in [5.74, 6) is 0.990. The molecule has 0 unspecified atom stereocenters. The molecule has 0 saturated carbocycles. The molecular weight excluding hydrogens is 410 g/mol. The van der Waals surface area contributed by atoms with Gasteiger partial charge in [-0.2, -0.15) is 5.10 Å². The molecule has 0 aliphatic heterocycles. The lowest BCUT2D eigenvalue weighted by Crippen LogP contribution is -2.12. The summed E-state index contributed by atoms with van der Waals surface area (Å²) in [6.45, 7) is 4.84. The minimum absolute atomic E-state index is 0.270. The largest absolute Gasteiger partial charge is 0.494 e. The number of halogens is 1. The van der Waals surface area contributed by atoms with Gasteiger partial charge in [-0.05, 0) is 50.2 Å². The quantitative estimate of drug-likeness (QED) is 0.591. The van der Waals surface area contributed by atoms with Gasteiger partial charge < -0.3 is 14.8 Å². The number of nitrogens with zero attached hydrogens (tertiary/aromatic N) is 2. The molecule has 1 heterocycles. The highest BCUT2D eigenvalue weighted by molar-refractivity contribution is 9.10. The van der Waals surface area contributed by atoms with Crippen molar-refractivity contribution < 1.29 is 14.3 Å². The molecule has 0 atom stereocenters. The number of ether oxygens (including phenoxy) is 2. The van der Waals surface area contributed by atoms with E-state index in [1.165, 1.54) is 6.20 Å². The Morgan fingerprint density at radius 1 is 1.11 bits per heavy atom. The van der Waals surface area contributed by atoms with Crippen LogP contribution in [0.15, 0.2) is 59.3 Å². The van der Waals surface area contributed by atoms with Crippen LogP contribution in [0.1, 0.15) is 24.2 Å². The van der Waals surface area contributed by atoms with Gasteiger partial charge in [0.1, 0.15) is 11.5 Å². The monoisotopic (exact) mass is 429 g/mol. The van der Waals surface area contributed by atoms with E-state index in [2.05, 4.69) is 26.3 Å². The highest BCUT2D eigenvalue weighted by Crippen LogP contribution is 2.30. The first-order chi connectivity index (χ1) is 13.1. The van der Waals surface area contributed by atoms with E-state index in [-0.39, 0.29) is 5.91 Å². The Morgan fingerprint density at radius 3 is 2.56 bits per heavy atom. The van der Waals surface area contributed by atoms with Crippen LogP contribution >= 0.6 is 15.9 Å². The number of benzene rings is 2. The number of hydrogen-bond acceptors (Lipinski definition) is 4. The van der Waals surface area contributed by atoms with Gasteiger partial charge in [0.2, 0.25) is 0 Å². The van der Waals surface area contributed by atoms with E-state index < -0.39 is 0 Å². The fourth-order valence-electron chi connectivity index (χ4n) is 2.51. The van der Waals surface area contributed by atoms with Crippen LogP contribution in [0.5, 0.6) is 11.5 Å². The molecule has 3 aromatic rings. The Hall–Kier alpha value is -2.80. The second-order valence-electron chi connectivity index (χ2n) is 5.63. The van der Waals surface area contributed by atoms with Crippen LogP contribution in [0.2, 0.25) is 0 Å². The minimum Gasteiger partial charge on any atom is -0.494 e. The Kier molecular flexibility index (Phi) is 6.13. The summed E-state index contributed by atoms with van der Waals surface area (Å²) in [7, 11) is 0. The van der Waals surface area contributed by atoms with Crippen LogP contribution in [0.25, 0.3) is 5.69 Å². The zero-order valence-electron chi connectivity index (χ0n) is 15.1. The normalized spacial score (nSPS) is 10.5. The van der Waals surface area contributed by atoms with Crippen molar-refractivity contribution in [3.8, 4) is 17.2 Å². The van der Waals surface area contributed by atoms with Gasteiger partial charge in [-0.25, -0.2) is 4.68 Å². The van der Waals surface area contributed by atoms with Gasteiger partial charge in [0.25, 0.3) is 5.91 Å². The fraction of sp³-hybridized carbons (Fsp3) is 0.200. The predicted octanol–water partition coefficient (Wildman–Crippen LogP) is 4.68. The molecule has 27 heavy (non-hydrogen) atoms. The summed E-state index contributed by atoms with van der Waals surface area (Å²) >= 11 is 3.40. The highest BCUT2D eigenvalue weighted by Gasteiger charge is 2.14. The molecule has 0 saturated heterocycles. The van der Waals surface area contributed by atoms with E-state index in [4.69, 9.17) is 9.47 Å². The molecule has 1 N–H and O–H groups in total.